The third kappa shape index (κ3) is 2.36. The summed E-state index contributed by atoms with van der Waals surface area (Å²) in [4.78, 5) is 4.38. The Morgan fingerprint density at radius 3 is 2.84 bits per heavy atom. The molecule has 0 fully saturated rings. The second-order valence-electron chi connectivity index (χ2n) is 4.46. The smallest absolute Gasteiger partial charge is 0.294 e. The normalized spacial score (nSPS) is 12.7. The minimum atomic E-state index is 0.312. The van der Waals surface area contributed by atoms with Crippen molar-refractivity contribution in [2.45, 2.75) is 19.8 Å². The van der Waals surface area contributed by atoms with E-state index >= 15 is 0 Å². The number of ether oxygens (including phenoxy) is 2. The molecule has 0 aliphatic carbocycles. The first-order chi connectivity index (χ1) is 9.26. The summed E-state index contributed by atoms with van der Waals surface area (Å²) in [5.41, 5.74) is 2.19. The molecule has 0 unspecified atom stereocenters. The van der Waals surface area contributed by atoms with E-state index in [4.69, 9.17) is 13.9 Å². The van der Waals surface area contributed by atoms with E-state index in [0.717, 1.165) is 35.8 Å². The van der Waals surface area contributed by atoms with Gasteiger partial charge in [-0.2, -0.15) is 4.98 Å². The van der Waals surface area contributed by atoms with Crippen LogP contribution in [0.1, 0.15) is 17.0 Å². The summed E-state index contributed by atoms with van der Waals surface area (Å²) < 4.78 is 16.1. The van der Waals surface area contributed by atoms with E-state index in [9.17, 15) is 0 Å². The van der Waals surface area contributed by atoms with Gasteiger partial charge in [0.15, 0.2) is 11.5 Å². The van der Waals surface area contributed by atoms with E-state index in [1.54, 1.807) is 7.05 Å². The van der Waals surface area contributed by atoms with E-state index in [-0.39, 0.29) is 0 Å². The second kappa shape index (κ2) is 4.84. The number of hydrogen-bond acceptors (Lipinski definition) is 5. The van der Waals surface area contributed by atoms with Crippen molar-refractivity contribution in [3.05, 3.63) is 35.2 Å². The van der Waals surface area contributed by atoms with Gasteiger partial charge >= 0.3 is 0 Å². The summed E-state index contributed by atoms with van der Waals surface area (Å²) in [6.07, 6.45) is 1.74. The first-order valence-corrected chi connectivity index (χ1v) is 6.29. The molecule has 3 rings (SSSR count). The van der Waals surface area contributed by atoms with E-state index in [2.05, 4.69) is 16.4 Å². The van der Waals surface area contributed by atoms with Gasteiger partial charge in [0.2, 0.25) is 6.79 Å². The largest absolute Gasteiger partial charge is 0.454 e. The number of anilines is 1. The summed E-state index contributed by atoms with van der Waals surface area (Å²) >= 11 is 0. The van der Waals surface area contributed by atoms with Crippen LogP contribution in [0.5, 0.6) is 11.5 Å². The molecule has 0 radical (unpaired) electrons. The molecule has 0 saturated heterocycles. The maximum Gasteiger partial charge on any atom is 0.294 e. The average molecular weight is 260 g/mol. The van der Waals surface area contributed by atoms with Crippen LogP contribution in [-0.2, 0) is 12.8 Å². The standard InChI is InChI=1S/C14H16N2O3/c1-9-11(16-14(15-2)19-9)5-3-10-4-6-12-13(7-10)18-8-17-12/h4,6-7H,3,5,8H2,1-2H3,(H,15,16). The lowest BCUT2D eigenvalue weighted by Gasteiger charge is -2.02. The zero-order chi connectivity index (χ0) is 13.2. The SMILES string of the molecule is CNc1nc(CCc2ccc3c(c2)OCO3)c(C)o1. The van der Waals surface area contributed by atoms with Crippen molar-refractivity contribution in [1.29, 1.82) is 0 Å². The third-order valence-electron chi connectivity index (χ3n) is 3.19. The van der Waals surface area contributed by atoms with Gasteiger partial charge < -0.3 is 19.2 Å². The summed E-state index contributed by atoms with van der Waals surface area (Å²) in [6, 6.07) is 6.60. The predicted molar refractivity (Wildman–Crippen MR) is 70.8 cm³/mol. The molecular weight excluding hydrogens is 244 g/mol. The van der Waals surface area contributed by atoms with Crippen LogP contribution in [0.2, 0.25) is 0 Å². The summed E-state index contributed by atoms with van der Waals surface area (Å²) in [5.74, 6) is 2.51. The van der Waals surface area contributed by atoms with Gasteiger partial charge in [-0.3, -0.25) is 0 Å². The first-order valence-electron chi connectivity index (χ1n) is 6.29. The lowest BCUT2D eigenvalue weighted by atomic mass is 10.1. The highest BCUT2D eigenvalue weighted by Crippen LogP contribution is 2.32. The molecule has 2 heterocycles. The Morgan fingerprint density at radius 1 is 1.21 bits per heavy atom. The number of oxazole rings is 1. The Labute approximate surface area is 111 Å². The summed E-state index contributed by atoms with van der Waals surface area (Å²) in [5, 5.41) is 2.91. The fourth-order valence-electron chi connectivity index (χ4n) is 2.13. The van der Waals surface area contributed by atoms with Crippen LogP contribution in [0.4, 0.5) is 6.01 Å². The van der Waals surface area contributed by atoms with Crippen LogP contribution in [0, 0.1) is 6.92 Å². The number of benzene rings is 1. The maximum atomic E-state index is 5.46. The number of rotatable bonds is 4. The van der Waals surface area contributed by atoms with Crippen LogP contribution in [0.15, 0.2) is 22.6 Å². The second-order valence-corrected chi connectivity index (χ2v) is 4.46. The fourth-order valence-corrected chi connectivity index (χ4v) is 2.13. The van der Waals surface area contributed by atoms with Gasteiger partial charge in [0, 0.05) is 7.05 Å². The number of nitrogens with one attached hydrogen (secondary N) is 1. The van der Waals surface area contributed by atoms with Gasteiger partial charge in [-0.25, -0.2) is 0 Å². The van der Waals surface area contributed by atoms with Crippen molar-refractivity contribution >= 4 is 6.01 Å². The molecule has 0 atom stereocenters. The molecule has 5 heteroatoms. The Balaban J connectivity index is 1.70. The number of aryl methyl sites for hydroxylation is 3. The van der Waals surface area contributed by atoms with Crippen molar-refractivity contribution in [2.24, 2.45) is 0 Å². The Kier molecular flexibility index (Phi) is 3.03. The van der Waals surface area contributed by atoms with Crippen LogP contribution < -0.4 is 14.8 Å². The molecular formula is C14H16N2O3. The van der Waals surface area contributed by atoms with Crippen molar-refractivity contribution in [3.8, 4) is 11.5 Å². The minimum absolute atomic E-state index is 0.312. The average Bonchev–Trinajstić information content (AvgIpc) is 3.02. The molecule has 0 amide bonds. The third-order valence-corrected chi connectivity index (χ3v) is 3.19. The van der Waals surface area contributed by atoms with Crippen molar-refractivity contribution in [3.63, 3.8) is 0 Å². The quantitative estimate of drug-likeness (QED) is 0.915. The van der Waals surface area contributed by atoms with Crippen LogP contribution in [-0.4, -0.2) is 18.8 Å². The molecule has 0 saturated carbocycles. The monoisotopic (exact) mass is 260 g/mol. The minimum Gasteiger partial charge on any atom is -0.454 e. The highest BCUT2D eigenvalue weighted by molar-refractivity contribution is 5.44. The molecule has 1 aromatic carbocycles. The highest BCUT2D eigenvalue weighted by Gasteiger charge is 2.14. The van der Waals surface area contributed by atoms with E-state index in [1.807, 2.05) is 19.1 Å². The molecule has 1 aliphatic heterocycles. The number of aromatic nitrogens is 1. The molecule has 19 heavy (non-hydrogen) atoms. The fraction of sp³-hybridized carbons (Fsp3) is 0.357. The highest BCUT2D eigenvalue weighted by atomic mass is 16.7. The van der Waals surface area contributed by atoms with Gasteiger partial charge in [0.25, 0.3) is 6.01 Å². The van der Waals surface area contributed by atoms with Crippen LogP contribution in [0.3, 0.4) is 0 Å². The first kappa shape index (κ1) is 11.9. The summed E-state index contributed by atoms with van der Waals surface area (Å²) in [7, 11) is 1.80. The van der Waals surface area contributed by atoms with E-state index in [1.165, 1.54) is 5.56 Å². The molecule has 1 aliphatic rings. The lowest BCUT2D eigenvalue weighted by Crippen LogP contribution is -1.95. The number of hydrogen-bond donors (Lipinski definition) is 1. The summed E-state index contributed by atoms with van der Waals surface area (Å²) in [6.45, 7) is 2.25. The number of fused-ring (bicyclic) bond motifs is 1. The number of nitrogens with zero attached hydrogens (tertiary/aromatic N) is 1. The van der Waals surface area contributed by atoms with Crippen LogP contribution >= 0.6 is 0 Å². The van der Waals surface area contributed by atoms with Crippen LogP contribution in [0.25, 0.3) is 0 Å². The Morgan fingerprint density at radius 2 is 2.05 bits per heavy atom. The molecule has 1 N–H and O–H groups in total. The molecule has 5 nitrogen and oxygen atoms in total. The van der Waals surface area contributed by atoms with Crippen molar-refractivity contribution < 1.29 is 13.9 Å². The van der Waals surface area contributed by atoms with E-state index < -0.39 is 0 Å². The van der Waals surface area contributed by atoms with Gasteiger partial charge in [0.1, 0.15) is 5.76 Å². The zero-order valence-corrected chi connectivity index (χ0v) is 11.0. The molecule has 100 valence electrons. The van der Waals surface area contributed by atoms with Crippen molar-refractivity contribution in [1.82, 2.24) is 4.98 Å². The lowest BCUT2D eigenvalue weighted by molar-refractivity contribution is 0.174. The van der Waals surface area contributed by atoms with Crippen molar-refractivity contribution in [2.75, 3.05) is 19.2 Å². The molecule has 1 aromatic heterocycles. The Bertz CT molecular complexity index is 592. The van der Waals surface area contributed by atoms with Gasteiger partial charge in [-0.1, -0.05) is 6.07 Å². The maximum absolute atomic E-state index is 5.46. The Hall–Kier alpha value is -2.17. The van der Waals surface area contributed by atoms with Gasteiger partial charge in [0.05, 0.1) is 5.69 Å². The molecule has 0 spiro atoms. The molecule has 2 aromatic rings. The molecule has 0 bridgehead atoms. The predicted octanol–water partition coefficient (Wildman–Crippen LogP) is 2.54. The topological polar surface area (TPSA) is 56.5 Å². The van der Waals surface area contributed by atoms with E-state index in [0.29, 0.717) is 12.8 Å². The van der Waals surface area contributed by atoms with Gasteiger partial charge in [-0.05, 0) is 37.5 Å². The van der Waals surface area contributed by atoms with Gasteiger partial charge in [-0.15, -0.1) is 0 Å². The zero-order valence-electron chi connectivity index (χ0n) is 11.0.